The Bertz CT molecular complexity index is 507. The van der Waals surface area contributed by atoms with Gasteiger partial charge in [-0.2, -0.15) is 0 Å². The second kappa shape index (κ2) is 3.64. The number of amides is 1. The molecule has 18 heavy (non-hydrogen) atoms. The van der Waals surface area contributed by atoms with Crippen LogP contribution in [0.25, 0.3) is 0 Å². The van der Waals surface area contributed by atoms with E-state index in [1.165, 1.54) is 0 Å². The monoisotopic (exact) mass is 246 g/mol. The van der Waals surface area contributed by atoms with Crippen molar-refractivity contribution in [1.29, 1.82) is 0 Å². The Morgan fingerprint density at radius 1 is 1.39 bits per heavy atom. The number of nitrogens with one attached hydrogen (secondary N) is 1. The Hall–Kier alpha value is -1.71. The average Bonchev–Trinajstić information content (AvgIpc) is 2.24. The van der Waals surface area contributed by atoms with Crippen LogP contribution >= 0.6 is 0 Å². The van der Waals surface area contributed by atoms with Gasteiger partial charge >= 0.3 is 0 Å². The van der Waals surface area contributed by atoms with Crippen LogP contribution < -0.4 is 10.2 Å². The van der Waals surface area contributed by atoms with Crippen LogP contribution in [-0.4, -0.2) is 22.6 Å². The van der Waals surface area contributed by atoms with E-state index in [9.17, 15) is 9.90 Å². The van der Waals surface area contributed by atoms with E-state index in [0.717, 1.165) is 24.9 Å². The Morgan fingerprint density at radius 3 is 2.67 bits per heavy atom. The van der Waals surface area contributed by atoms with Crippen LogP contribution in [0.3, 0.4) is 0 Å². The number of aromatic hydroxyl groups is 1. The van der Waals surface area contributed by atoms with Crippen molar-refractivity contribution in [3.05, 3.63) is 18.2 Å². The summed E-state index contributed by atoms with van der Waals surface area (Å²) < 4.78 is 0. The number of phenolic OH excluding ortho intramolecular Hbond substituents is 1. The van der Waals surface area contributed by atoms with E-state index >= 15 is 0 Å². The molecule has 4 heteroatoms. The van der Waals surface area contributed by atoms with Crippen molar-refractivity contribution in [3.8, 4) is 5.75 Å². The minimum atomic E-state index is -0.363. The van der Waals surface area contributed by atoms with Gasteiger partial charge in [-0.05, 0) is 45.2 Å². The topological polar surface area (TPSA) is 52.6 Å². The molecule has 1 aliphatic carbocycles. The molecule has 4 nitrogen and oxygen atoms in total. The first-order valence-corrected chi connectivity index (χ1v) is 6.48. The van der Waals surface area contributed by atoms with Crippen molar-refractivity contribution in [3.63, 3.8) is 0 Å². The Balaban J connectivity index is 2.14. The summed E-state index contributed by atoms with van der Waals surface area (Å²) >= 11 is 0. The maximum absolute atomic E-state index is 12.4. The molecule has 0 bridgehead atoms. The lowest BCUT2D eigenvalue weighted by Gasteiger charge is -2.54. The SMILES string of the molecule is CC(C)N1c2ccc(O)cc2NC(=O)C12CCC2. The predicted molar refractivity (Wildman–Crippen MR) is 70.9 cm³/mol. The van der Waals surface area contributed by atoms with Crippen LogP contribution in [-0.2, 0) is 4.79 Å². The van der Waals surface area contributed by atoms with Gasteiger partial charge in [0.15, 0.2) is 0 Å². The van der Waals surface area contributed by atoms with Crippen LogP contribution in [0.2, 0.25) is 0 Å². The summed E-state index contributed by atoms with van der Waals surface area (Å²) in [6.07, 6.45) is 2.93. The Kier molecular flexibility index (Phi) is 2.30. The van der Waals surface area contributed by atoms with Crippen molar-refractivity contribution in [2.24, 2.45) is 0 Å². The van der Waals surface area contributed by atoms with Gasteiger partial charge < -0.3 is 15.3 Å². The molecule has 1 aliphatic heterocycles. The smallest absolute Gasteiger partial charge is 0.250 e. The molecule has 3 rings (SSSR count). The van der Waals surface area contributed by atoms with Crippen molar-refractivity contribution >= 4 is 17.3 Å². The Labute approximate surface area is 107 Å². The second-order valence-corrected chi connectivity index (χ2v) is 5.50. The number of fused-ring (bicyclic) bond motifs is 1. The van der Waals surface area contributed by atoms with E-state index in [1.807, 2.05) is 6.07 Å². The van der Waals surface area contributed by atoms with Crippen LogP contribution in [0, 0.1) is 0 Å². The number of anilines is 2. The first-order valence-electron chi connectivity index (χ1n) is 6.48. The highest BCUT2D eigenvalue weighted by Crippen LogP contribution is 2.48. The zero-order valence-corrected chi connectivity index (χ0v) is 10.7. The molecule has 1 aromatic rings. The van der Waals surface area contributed by atoms with Crippen LogP contribution in [0.4, 0.5) is 11.4 Å². The number of carbonyl (C=O) groups excluding carboxylic acids is 1. The lowest BCUT2D eigenvalue weighted by Crippen LogP contribution is -2.65. The third-order valence-corrected chi connectivity index (χ3v) is 4.07. The fourth-order valence-electron chi connectivity index (χ4n) is 3.16. The first-order chi connectivity index (χ1) is 8.54. The van der Waals surface area contributed by atoms with Gasteiger partial charge in [-0.25, -0.2) is 0 Å². The zero-order valence-electron chi connectivity index (χ0n) is 10.7. The van der Waals surface area contributed by atoms with Crippen molar-refractivity contribution in [1.82, 2.24) is 0 Å². The van der Waals surface area contributed by atoms with E-state index in [2.05, 4.69) is 24.1 Å². The lowest BCUT2D eigenvalue weighted by molar-refractivity contribution is -0.124. The molecule has 1 heterocycles. The van der Waals surface area contributed by atoms with Crippen LogP contribution in [0.15, 0.2) is 18.2 Å². The van der Waals surface area contributed by atoms with Gasteiger partial charge in [0.05, 0.1) is 11.4 Å². The number of hydrogen-bond acceptors (Lipinski definition) is 3. The molecule has 96 valence electrons. The van der Waals surface area contributed by atoms with E-state index in [4.69, 9.17) is 0 Å². The van der Waals surface area contributed by atoms with Gasteiger partial charge in [-0.3, -0.25) is 4.79 Å². The molecule has 0 unspecified atom stereocenters. The van der Waals surface area contributed by atoms with E-state index in [-0.39, 0.29) is 23.2 Å². The van der Waals surface area contributed by atoms with Gasteiger partial charge in [0.25, 0.3) is 0 Å². The predicted octanol–water partition coefficient (Wildman–Crippen LogP) is 2.48. The van der Waals surface area contributed by atoms with Gasteiger partial charge in [-0.1, -0.05) is 0 Å². The van der Waals surface area contributed by atoms with Crippen LogP contribution in [0.1, 0.15) is 33.1 Å². The summed E-state index contributed by atoms with van der Waals surface area (Å²) in [5, 5.41) is 12.5. The highest BCUT2D eigenvalue weighted by atomic mass is 16.3. The molecule has 0 atom stereocenters. The molecule has 0 radical (unpaired) electrons. The van der Waals surface area contributed by atoms with Gasteiger partial charge in [0, 0.05) is 12.1 Å². The second-order valence-electron chi connectivity index (χ2n) is 5.50. The molecule has 1 fully saturated rings. The van der Waals surface area contributed by atoms with E-state index < -0.39 is 0 Å². The molecule has 0 aromatic heterocycles. The van der Waals surface area contributed by atoms with Gasteiger partial charge in [0.2, 0.25) is 5.91 Å². The number of rotatable bonds is 1. The third-order valence-electron chi connectivity index (χ3n) is 4.07. The summed E-state index contributed by atoms with van der Waals surface area (Å²) in [5.41, 5.74) is 1.37. The van der Waals surface area contributed by atoms with Gasteiger partial charge in [-0.15, -0.1) is 0 Å². The average molecular weight is 246 g/mol. The molecule has 1 aromatic carbocycles. The quantitative estimate of drug-likeness (QED) is 0.800. The number of benzene rings is 1. The molecule has 2 aliphatic rings. The minimum Gasteiger partial charge on any atom is -0.508 e. The zero-order chi connectivity index (χ0) is 12.9. The molecule has 2 N–H and O–H groups in total. The van der Waals surface area contributed by atoms with Crippen molar-refractivity contribution in [2.45, 2.75) is 44.7 Å². The number of phenols is 1. The Morgan fingerprint density at radius 2 is 2.11 bits per heavy atom. The van der Waals surface area contributed by atoms with E-state index in [0.29, 0.717) is 5.69 Å². The standard InChI is InChI=1S/C14H18N2O2/c1-9(2)16-12-5-4-10(17)8-11(12)15-13(18)14(16)6-3-7-14/h4-5,8-9,17H,3,6-7H2,1-2H3,(H,15,18). The first kappa shape index (κ1) is 11.4. The maximum atomic E-state index is 12.4. The minimum absolute atomic E-state index is 0.0700. The van der Waals surface area contributed by atoms with E-state index in [1.54, 1.807) is 12.1 Å². The molecule has 1 spiro atoms. The summed E-state index contributed by atoms with van der Waals surface area (Å²) in [4.78, 5) is 14.6. The van der Waals surface area contributed by atoms with Crippen molar-refractivity contribution in [2.75, 3.05) is 10.2 Å². The maximum Gasteiger partial charge on any atom is 0.250 e. The third kappa shape index (κ3) is 1.35. The van der Waals surface area contributed by atoms with Crippen molar-refractivity contribution < 1.29 is 9.90 Å². The van der Waals surface area contributed by atoms with Crippen LogP contribution in [0.5, 0.6) is 5.75 Å². The fourth-order valence-corrected chi connectivity index (χ4v) is 3.16. The molecular weight excluding hydrogens is 228 g/mol. The molecule has 0 saturated heterocycles. The summed E-state index contributed by atoms with van der Waals surface area (Å²) in [5.74, 6) is 0.253. The molecule has 1 amide bonds. The molecular formula is C14H18N2O2. The summed E-state index contributed by atoms with van der Waals surface area (Å²) in [6, 6.07) is 5.45. The van der Waals surface area contributed by atoms with Gasteiger partial charge in [0.1, 0.15) is 11.3 Å². The lowest BCUT2D eigenvalue weighted by atomic mass is 9.72. The number of carbonyl (C=O) groups is 1. The largest absolute Gasteiger partial charge is 0.508 e. The molecule has 1 saturated carbocycles. The number of nitrogens with zero attached hydrogens (tertiary/aromatic N) is 1. The summed E-state index contributed by atoms with van der Waals surface area (Å²) in [6.45, 7) is 4.21. The fraction of sp³-hybridized carbons (Fsp3) is 0.500. The summed E-state index contributed by atoms with van der Waals surface area (Å²) in [7, 11) is 0. The highest BCUT2D eigenvalue weighted by molar-refractivity contribution is 6.07. The number of hydrogen-bond donors (Lipinski definition) is 2. The normalized spacial score (nSPS) is 20.6. The highest BCUT2D eigenvalue weighted by Gasteiger charge is 2.52.